The van der Waals surface area contributed by atoms with E-state index in [1.165, 1.54) is 50.5 Å². The van der Waals surface area contributed by atoms with Gasteiger partial charge in [-0.25, -0.2) is 0 Å². The Morgan fingerprint density at radius 2 is 1.65 bits per heavy atom. The molecule has 0 N–H and O–H groups in total. The molecule has 4 aliphatic rings. The largest absolute Gasteiger partial charge is 0.497 e. The molecule has 1 saturated heterocycles. The summed E-state index contributed by atoms with van der Waals surface area (Å²) in [7, 11) is 1.65. The van der Waals surface area contributed by atoms with Crippen LogP contribution in [-0.2, 0) is 4.79 Å². The molecule has 6 heteroatoms. The number of piperazine rings is 1. The highest BCUT2D eigenvalue weighted by Crippen LogP contribution is 2.59. The van der Waals surface area contributed by atoms with Crippen LogP contribution in [0.15, 0.2) is 35.9 Å². The lowest BCUT2D eigenvalue weighted by molar-refractivity contribution is -0.133. The van der Waals surface area contributed by atoms with Crippen LogP contribution in [0.25, 0.3) is 0 Å². The third-order valence-electron chi connectivity index (χ3n) is 9.99. The number of hydrogen-bond donors (Lipinski definition) is 0. The highest BCUT2D eigenvalue weighted by molar-refractivity contribution is 5.94. The molecule has 2 amide bonds. The summed E-state index contributed by atoms with van der Waals surface area (Å²) < 4.78 is 5.30. The molecule has 1 heterocycles. The maximum Gasteiger partial charge on any atom is 0.254 e. The summed E-state index contributed by atoms with van der Waals surface area (Å²) >= 11 is 0. The second kappa shape index (κ2) is 14.5. The molecule has 1 aromatic carbocycles. The van der Waals surface area contributed by atoms with Gasteiger partial charge in [0.2, 0.25) is 5.91 Å². The number of unbranched alkanes of at least 4 members (excludes halogenated alkanes) is 6. The van der Waals surface area contributed by atoms with Gasteiger partial charge >= 0.3 is 0 Å². The maximum absolute atomic E-state index is 13.7. The number of benzene rings is 1. The zero-order chi connectivity index (χ0) is 28.5. The number of rotatable bonds is 15. The lowest BCUT2D eigenvalue weighted by Crippen LogP contribution is -2.52. The number of methoxy groups -OCH3 is 1. The normalized spacial score (nSPS) is 21.9. The molecule has 1 aliphatic heterocycles. The van der Waals surface area contributed by atoms with Crippen molar-refractivity contribution < 1.29 is 14.3 Å². The van der Waals surface area contributed by atoms with Crippen molar-refractivity contribution in [2.45, 2.75) is 85.0 Å². The molecular formula is C34H53N3O3. The molecule has 5 rings (SSSR count). The van der Waals surface area contributed by atoms with Gasteiger partial charge in [0.1, 0.15) is 5.75 Å². The van der Waals surface area contributed by atoms with Crippen LogP contribution >= 0.6 is 0 Å². The zero-order valence-corrected chi connectivity index (χ0v) is 25.6. The van der Waals surface area contributed by atoms with E-state index in [0.717, 1.165) is 57.2 Å². The SMILES string of the molecule is CCCCCCCCCC(=O)N1CCN(CCN(CC2=CCC3CC2C3(C)C)C(=O)c2ccc(OC)cc2)CC1. The van der Waals surface area contributed by atoms with Gasteiger partial charge in [0, 0.05) is 57.8 Å². The molecule has 0 spiro atoms. The van der Waals surface area contributed by atoms with Crippen LogP contribution in [0.1, 0.15) is 95.3 Å². The fourth-order valence-corrected chi connectivity index (χ4v) is 6.92. The summed E-state index contributed by atoms with van der Waals surface area (Å²) in [5, 5.41) is 0. The molecule has 6 nitrogen and oxygen atoms in total. The van der Waals surface area contributed by atoms with Crippen molar-refractivity contribution in [3.05, 3.63) is 41.5 Å². The van der Waals surface area contributed by atoms with Crippen LogP contribution < -0.4 is 4.74 Å². The van der Waals surface area contributed by atoms with Gasteiger partial charge in [-0.05, 0) is 60.8 Å². The monoisotopic (exact) mass is 551 g/mol. The number of allylic oxidation sites excluding steroid dienone is 1. The molecule has 3 aliphatic carbocycles. The second-order valence-electron chi connectivity index (χ2n) is 12.9. The summed E-state index contributed by atoms with van der Waals surface area (Å²) in [4.78, 5) is 33.0. The average Bonchev–Trinajstić information content (AvgIpc) is 2.98. The molecule has 222 valence electrons. The van der Waals surface area contributed by atoms with Gasteiger partial charge in [-0.15, -0.1) is 0 Å². The van der Waals surface area contributed by atoms with E-state index in [0.29, 0.717) is 42.3 Å². The van der Waals surface area contributed by atoms with E-state index in [1.807, 2.05) is 24.3 Å². The van der Waals surface area contributed by atoms with Crippen LogP contribution in [0.5, 0.6) is 5.75 Å². The summed E-state index contributed by atoms with van der Waals surface area (Å²) in [6.07, 6.45) is 14.2. The minimum atomic E-state index is 0.0892. The standard InChI is InChI=1S/C34H53N3O3/c1-5-6-7-8-9-10-11-12-32(38)36-22-19-35(20-23-36)21-24-37(33(39)27-14-17-30(40-4)18-15-27)26-28-13-16-29-25-31(28)34(29,2)3/h13-15,17-18,29,31H,5-12,16,19-26H2,1-4H3. The van der Waals surface area contributed by atoms with E-state index in [4.69, 9.17) is 4.74 Å². The quantitative estimate of drug-likeness (QED) is 0.187. The summed E-state index contributed by atoms with van der Waals surface area (Å²) in [5.74, 6) is 2.54. The Balaban J connectivity index is 1.27. The molecule has 1 aromatic rings. The number of carbonyl (C=O) groups is 2. The van der Waals surface area contributed by atoms with E-state index >= 15 is 0 Å². The molecule has 0 radical (unpaired) electrons. The predicted octanol–water partition coefficient (Wildman–Crippen LogP) is 6.41. The second-order valence-corrected chi connectivity index (χ2v) is 12.9. The zero-order valence-electron chi connectivity index (χ0n) is 25.6. The van der Waals surface area contributed by atoms with E-state index in [-0.39, 0.29) is 5.91 Å². The Labute approximate surface area is 243 Å². The molecule has 2 fully saturated rings. The third-order valence-corrected chi connectivity index (χ3v) is 9.99. The van der Waals surface area contributed by atoms with E-state index in [9.17, 15) is 9.59 Å². The Morgan fingerprint density at radius 3 is 2.27 bits per heavy atom. The smallest absolute Gasteiger partial charge is 0.254 e. The lowest BCUT2D eigenvalue weighted by Gasteiger charge is -2.57. The maximum atomic E-state index is 13.7. The Hall–Kier alpha value is -2.34. The van der Waals surface area contributed by atoms with Gasteiger partial charge in [-0.3, -0.25) is 14.5 Å². The minimum absolute atomic E-state index is 0.0892. The van der Waals surface area contributed by atoms with Crippen molar-refractivity contribution in [1.82, 2.24) is 14.7 Å². The number of hydrogen-bond acceptors (Lipinski definition) is 4. The van der Waals surface area contributed by atoms with Gasteiger partial charge in [0.05, 0.1) is 7.11 Å². The third kappa shape index (κ3) is 7.69. The number of carbonyl (C=O) groups excluding carboxylic acids is 2. The first-order valence-corrected chi connectivity index (χ1v) is 16.0. The summed E-state index contributed by atoms with van der Waals surface area (Å²) in [6, 6.07) is 7.49. The molecular weight excluding hydrogens is 498 g/mol. The highest BCUT2D eigenvalue weighted by atomic mass is 16.5. The lowest BCUT2D eigenvalue weighted by atomic mass is 9.49. The van der Waals surface area contributed by atoms with Crippen LogP contribution in [0, 0.1) is 17.3 Å². The van der Waals surface area contributed by atoms with Gasteiger partial charge in [-0.2, -0.15) is 0 Å². The van der Waals surface area contributed by atoms with Crippen molar-refractivity contribution in [3.63, 3.8) is 0 Å². The first-order chi connectivity index (χ1) is 19.3. The number of amides is 2. The van der Waals surface area contributed by atoms with E-state index in [2.05, 4.69) is 41.5 Å². The molecule has 40 heavy (non-hydrogen) atoms. The summed E-state index contributed by atoms with van der Waals surface area (Å²) in [5.41, 5.74) is 2.50. The Morgan fingerprint density at radius 1 is 0.975 bits per heavy atom. The predicted molar refractivity (Wildman–Crippen MR) is 163 cm³/mol. The number of ether oxygens (including phenoxy) is 1. The highest BCUT2D eigenvalue weighted by Gasteiger charge is 2.51. The number of fused-ring (bicyclic) bond motifs is 1. The van der Waals surface area contributed by atoms with E-state index < -0.39 is 0 Å². The van der Waals surface area contributed by atoms with Crippen molar-refractivity contribution in [2.75, 3.05) is 52.9 Å². The van der Waals surface area contributed by atoms with Gasteiger partial charge in [0.25, 0.3) is 5.91 Å². The van der Waals surface area contributed by atoms with Crippen molar-refractivity contribution in [1.29, 1.82) is 0 Å². The van der Waals surface area contributed by atoms with Crippen molar-refractivity contribution >= 4 is 11.8 Å². The number of nitrogens with zero attached hydrogens (tertiary/aromatic N) is 3. The first kappa shape index (κ1) is 30.6. The average molecular weight is 552 g/mol. The van der Waals surface area contributed by atoms with Crippen molar-refractivity contribution in [2.24, 2.45) is 17.3 Å². The fourth-order valence-electron chi connectivity index (χ4n) is 6.92. The molecule has 2 atom stereocenters. The molecule has 2 bridgehead atoms. The van der Waals surface area contributed by atoms with Crippen LogP contribution in [0.2, 0.25) is 0 Å². The molecule has 2 unspecified atom stereocenters. The fraction of sp³-hybridized carbons (Fsp3) is 0.706. The van der Waals surface area contributed by atoms with Crippen LogP contribution in [0.4, 0.5) is 0 Å². The Kier molecular flexibility index (Phi) is 11.1. The van der Waals surface area contributed by atoms with Crippen LogP contribution in [0.3, 0.4) is 0 Å². The van der Waals surface area contributed by atoms with Crippen LogP contribution in [-0.4, -0.2) is 79.4 Å². The first-order valence-electron chi connectivity index (χ1n) is 16.0. The van der Waals surface area contributed by atoms with Gasteiger partial charge in [-0.1, -0.05) is 70.9 Å². The molecule has 1 saturated carbocycles. The van der Waals surface area contributed by atoms with Crippen molar-refractivity contribution in [3.8, 4) is 5.75 Å². The van der Waals surface area contributed by atoms with E-state index in [1.54, 1.807) is 7.11 Å². The summed E-state index contributed by atoms with van der Waals surface area (Å²) in [6.45, 7) is 12.6. The minimum Gasteiger partial charge on any atom is -0.497 e. The Bertz CT molecular complexity index is 994. The topological polar surface area (TPSA) is 53.1 Å². The molecule has 0 aromatic heterocycles. The van der Waals surface area contributed by atoms with Gasteiger partial charge < -0.3 is 14.5 Å². The van der Waals surface area contributed by atoms with Gasteiger partial charge in [0.15, 0.2) is 0 Å².